The molecule has 3 aromatic heterocycles. The third kappa shape index (κ3) is 3.51. The van der Waals surface area contributed by atoms with Gasteiger partial charge in [0, 0.05) is 33.9 Å². The Bertz CT molecular complexity index is 2380. The molecule has 0 bridgehead atoms. The van der Waals surface area contributed by atoms with E-state index >= 15 is 0 Å². The predicted octanol–water partition coefficient (Wildman–Crippen LogP) is 10.1. The normalized spacial score (nSPS) is 11.5. The van der Waals surface area contributed by atoms with Gasteiger partial charge in [0.05, 0.1) is 40.0 Å². The average Bonchev–Trinajstić information content (AvgIpc) is 3.53. The third-order valence-electron chi connectivity index (χ3n) is 8.34. The second-order valence-corrected chi connectivity index (χ2v) is 11.0. The van der Waals surface area contributed by atoms with Crippen LogP contribution in [0.4, 0.5) is 5.69 Å². The number of para-hydroxylation sites is 2. The molecule has 8 aromatic rings. The van der Waals surface area contributed by atoms with Gasteiger partial charge in [-0.3, -0.25) is 4.98 Å². The minimum Gasteiger partial charge on any atom is -0.308 e. The topological polar surface area (TPSA) is 27.1 Å². The molecule has 5 aromatic carbocycles. The molecule has 42 heavy (non-hydrogen) atoms. The molecule has 3 heterocycles. The van der Waals surface area contributed by atoms with Gasteiger partial charge in [0.25, 0.3) is 0 Å². The summed E-state index contributed by atoms with van der Waals surface area (Å²) in [5.74, 6) is 0. The highest BCUT2D eigenvalue weighted by Gasteiger charge is 2.22. The maximum atomic E-state index is 8.23. The molecular formula is C38H26N4. The van der Waals surface area contributed by atoms with E-state index in [0.717, 1.165) is 44.6 Å². The maximum absolute atomic E-state index is 8.23. The first-order chi connectivity index (χ1) is 20.6. The highest BCUT2D eigenvalue weighted by atomic mass is 15.1. The van der Waals surface area contributed by atoms with Crippen LogP contribution < -0.4 is 0 Å². The number of benzene rings is 5. The fourth-order valence-electron chi connectivity index (χ4n) is 6.47. The molecule has 0 unspecified atom stereocenters. The van der Waals surface area contributed by atoms with Crippen molar-refractivity contribution < 1.29 is 0 Å². The molecule has 0 amide bonds. The lowest BCUT2D eigenvalue weighted by Gasteiger charge is -2.19. The van der Waals surface area contributed by atoms with Crippen LogP contribution in [-0.4, -0.2) is 14.1 Å². The van der Waals surface area contributed by atoms with Gasteiger partial charge in [0.2, 0.25) is 0 Å². The van der Waals surface area contributed by atoms with E-state index in [9.17, 15) is 0 Å². The number of rotatable bonds is 3. The molecule has 8 rings (SSSR count). The van der Waals surface area contributed by atoms with E-state index in [1.165, 1.54) is 32.7 Å². The zero-order valence-electron chi connectivity index (χ0n) is 23.3. The largest absolute Gasteiger partial charge is 0.308 e. The number of aromatic nitrogens is 3. The van der Waals surface area contributed by atoms with Gasteiger partial charge in [-0.2, -0.15) is 0 Å². The number of hydrogen-bond acceptors (Lipinski definition) is 1. The van der Waals surface area contributed by atoms with E-state index < -0.39 is 0 Å². The predicted molar refractivity (Wildman–Crippen MR) is 174 cm³/mol. The number of nitrogens with zero attached hydrogens (tertiary/aromatic N) is 4. The summed E-state index contributed by atoms with van der Waals surface area (Å²) in [4.78, 5) is 8.29. The van der Waals surface area contributed by atoms with Crippen molar-refractivity contribution in [2.45, 2.75) is 13.8 Å². The smallest absolute Gasteiger partial charge is 0.197 e. The Labute approximate surface area is 243 Å². The van der Waals surface area contributed by atoms with Crippen LogP contribution in [0.15, 0.2) is 122 Å². The highest BCUT2D eigenvalue weighted by molar-refractivity contribution is 6.12. The summed E-state index contributed by atoms with van der Waals surface area (Å²) in [6.07, 6.45) is 3.57. The van der Waals surface area contributed by atoms with Gasteiger partial charge < -0.3 is 9.13 Å². The van der Waals surface area contributed by atoms with Gasteiger partial charge in [-0.15, -0.1) is 0 Å². The Kier molecular flexibility index (Phi) is 5.29. The number of hydrogen-bond donors (Lipinski definition) is 0. The molecule has 0 N–H and O–H groups in total. The minimum atomic E-state index is 0.606. The molecular weight excluding hydrogens is 512 g/mol. The van der Waals surface area contributed by atoms with Crippen molar-refractivity contribution >= 4 is 49.3 Å². The molecule has 4 nitrogen and oxygen atoms in total. The molecule has 0 saturated carbocycles. The first-order valence-corrected chi connectivity index (χ1v) is 14.1. The minimum absolute atomic E-state index is 0.606. The van der Waals surface area contributed by atoms with E-state index in [0.29, 0.717) is 5.69 Å². The van der Waals surface area contributed by atoms with Crippen LogP contribution >= 0.6 is 0 Å². The third-order valence-corrected chi connectivity index (χ3v) is 8.34. The Hall–Kier alpha value is -5.66. The molecule has 4 heteroatoms. The van der Waals surface area contributed by atoms with Gasteiger partial charge in [-0.05, 0) is 85.6 Å². The average molecular weight is 539 g/mol. The van der Waals surface area contributed by atoms with Crippen molar-refractivity contribution in [2.75, 3.05) is 0 Å². The SMILES string of the molecule is [C-]#[N+]c1cc(-n2c3ccccc3c3cc(C)ccc32)c(-n2c3ccccc3c3cc(C)ccc32)cc1-c1ccncc1. The molecule has 0 aliphatic rings. The van der Waals surface area contributed by atoms with Crippen molar-refractivity contribution in [3.8, 4) is 22.5 Å². The van der Waals surface area contributed by atoms with Crippen molar-refractivity contribution in [2.24, 2.45) is 0 Å². The van der Waals surface area contributed by atoms with Crippen LogP contribution in [0.5, 0.6) is 0 Å². The molecule has 0 fully saturated rings. The summed E-state index contributed by atoms with van der Waals surface area (Å²) in [6, 6.07) is 38.7. The fourth-order valence-corrected chi connectivity index (χ4v) is 6.47. The molecule has 0 spiro atoms. The van der Waals surface area contributed by atoms with Gasteiger partial charge in [0.1, 0.15) is 0 Å². The van der Waals surface area contributed by atoms with Crippen LogP contribution in [0.1, 0.15) is 11.1 Å². The zero-order valence-corrected chi connectivity index (χ0v) is 23.3. The summed E-state index contributed by atoms with van der Waals surface area (Å²) in [5.41, 5.74) is 11.4. The van der Waals surface area contributed by atoms with Gasteiger partial charge in [-0.25, -0.2) is 4.85 Å². The second-order valence-electron chi connectivity index (χ2n) is 11.0. The maximum Gasteiger partial charge on any atom is 0.197 e. The molecule has 0 aliphatic heterocycles. The summed E-state index contributed by atoms with van der Waals surface area (Å²) in [7, 11) is 0. The molecule has 0 atom stereocenters. The van der Waals surface area contributed by atoms with Crippen molar-refractivity contribution in [3.63, 3.8) is 0 Å². The summed E-state index contributed by atoms with van der Waals surface area (Å²) < 4.78 is 4.70. The lowest BCUT2D eigenvalue weighted by atomic mass is 10.0. The lowest BCUT2D eigenvalue weighted by molar-refractivity contribution is 1.10. The van der Waals surface area contributed by atoms with Crippen molar-refractivity contribution in [1.29, 1.82) is 0 Å². The quantitative estimate of drug-likeness (QED) is 0.206. The second kappa shape index (κ2) is 9.19. The van der Waals surface area contributed by atoms with Crippen molar-refractivity contribution in [3.05, 3.63) is 144 Å². The standard InChI is InChI=1S/C38H26N4/c1-24-12-14-35-30(20-24)27-8-4-6-10-33(27)41(35)37-22-29(26-16-18-40-19-17-26)32(39-3)23-38(37)42-34-11-7-5-9-28(34)31-21-25(2)13-15-36(31)42/h4-23H,1-2H3. The number of pyridine rings is 1. The van der Waals surface area contributed by atoms with Crippen LogP contribution in [0.25, 0.3) is 71.0 Å². The van der Waals surface area contributed by atoms with Gasteiger partial charge >= 0.3 is 0 Å². The van der Waals surface area contributed by atoms with Crippen LogP contribution in [0.2, 0.25) is 0 Å². The summed E-state index contributed by atoms with van der Waals surface area (Å²) >= 11 is 0. The highest BCUT2D eigenvalue weighted by Crippen LogP contribution is 2.43. The fraction of sp³-hybridized carbons (Fsp3) is 0.0526. The van der Waals surface area contributed by atoms with Crippen molar-refractivity contribution in [1.82, 2.24) is 14.1 Å². The molecule has 0 radical (unpaired) electrons. The molecule has 0 aliphatic carbocycles. The lowest BCUT2D eigenvalue weighted by Crippen LogP contribution is -2.04. The summed E-state index contributed by atoms with van der Waals surface area (Å²) in [6.45, 7) is 12.5. The summed E-state index contributed by atoms with van der Waals surface area (Å²) in [5, 5.41) is 4.83. The zero-order chi connectivity index (χ0) is 28.4. The Balaban J connectivity index is 1.59. The van der Waals surface area contributed by atoms with E-state index in [1.54, 1.807) is 12.4 Å². The Morgan fingerprint density at radius 3 is 1.60 bits per heavy atom. The van der Waals surface area contributed by atoms with Crippen LogP contribution in [-0.2, 0) is 0 Å². The van der Waals surface area contributed by atoms with E-state index in [4.69, 9.17) is 6.57 Å². The molecule has 0 saturated heterocycles. The first kappa shape index (κ1) is 24.2. The first-order valence-electron chi connectivity index (χ1n) is 14.1. The van der Waals surface area contributed by atoms with Crippen LogP contribution in [0.3, 0.4) is 0 Å². The Morgan fingerprint density at radius 1 is 0.548 bits per heavy atom. The van der Waals surface area contributed by atoms with Gasteiger partial charge in [0.15, 0.2) is 5.69 Å². The number of aryl methyl sites for hydroxylation is 2. The van der Waals surface area contributed by atoms with Gasteiger partial charge in [-0.1, -0.05) is 59.7 Å². The van der Waals surface area contributed by atoms with E-state index in [2.05, 4.69) is 130 Å². The van der Waals surface area contributed by atoms with E-state index in [1.807, 2.05) is 12.1 Å². The van der Waals surface area contributed by atoms with E-state index in [-0.39, 0.29) is 0 Å². The van der Waals surface area contributed by atoms with Crippen LogP contribution in [0, 0.1) is 20.4 Å². The molecule has 198 valence electrons. The Morgan fingerprint density at radius 2 is 1.05 bits per heavy atom. The monoisotopic (exact) mass is 538 g/mol. The number of fused-ring (bicyclic) bond motifs is 6.